The van der Waals surface area contributed by atoms with Crippen LogP contribution in [-0.4, -0.2) is 29.9 Å². The zero-order chi connectivity index (χ0) is 14.5. The number of rotatable bonds is 4. The minimum absolute atomic E-state index is 0.0241. The number of carbonyl (C=O) groups excluding carboxylic acids is 1. The molecule has 0 saturated carbocycles. The number of ether oxygens (including phenoxy) is 1. The molecule has 0 fully saturated rings. The molecule has 1 heterocycles. The van der Waals surface area contributed by atoms with Gasteiger partial charge < -0.3 is 9.64 Å². The van der Waals surface area contributed by atoms with Crippen LogP contribution >= 0.6 is 0 Å². The fraction of sp³-hybridized carbons (Fsp3) is 0.200. The molecule has 104 valence electrons. The maximum atomic E-state index is 13.5. The fourth-order valence-corrected chi connectivity index (χ4v) is 1.83. The number of halogens is 1. The molecule has 0 spiro atoms. The van der Waals surface area contributed by atoms with Gasteiger partial charge in [-0.2, -0.15) is 0 Å². The van der Waals surface area contributed by atoms with Gasteiger partial charge in [0.25, 0.3) is 5.91 Å². The Morgan fingerprint density at radius 2 is 2.00 bits per heavy atom. The Morgan fingerprint density at radius 1 is 1.30 bits per heavy atom. The minimum atomic E-state index is -0.612. The van der Waals surface area contributed by atoms with Crippen LogP contribution < -0.4 is 4.74 Å². The first-order valence-corrected chi connectivity index (χ1v) is 6.09. The molecule has 0 N–H and O–H groups in total. The minimum Gasteiger partial charge on any atom is -0.497 e. The molecule has 1 aromatic heterocycles. The maximum absolute atomic E-state index is 13.5. The van der Waals surface area contributed by atoms with Crippen molar-refractivity contribution in [2.45, 2.75) is 6.54 Å². The number of nitrogens with zero attached hydrogens (tertiary/aromatic N) is 2. The molecule has 0 saturated heterocycles. The Labute approximate surface area is 116 Å². The molecule has 0 aliphatic rings. The zero-order valence-corrected chi connectivity index (χ0v) is 11.3. The lowest BCUT2D eigenvalue weighted by atomic mass is 10.2. The molecule has 5 heteroatoms. The molecule has 0 aliphatic heterocycles. The van der Waals surface area contributed by atoms with E-state index in [2.05, 4.69) is 4.98 Å². The van der Waals surface area contributed by atoms with Gasteiger partial charge in [-0.05, 0) is 23.8 Å². The van der Waals surface area contributed by atoms with E-state index in [9.17, 15) is 9.18 Å². The number of pyridine rings is 1. The van der Waals surface area contributed by atoms with Crippen LogP contribution in [0.25, 0.3) is 0 Å². The second-order valence-electron chi connectivity index (χ2n) is 4.36. The van der Waals surface area contributed by atoms with Crippen LogP contribution in [0.15, 0.2) is 42.7 Å². The molecule has 1 amide bonds. The summed E-state index contributed by atoms with van der Waals surface area (Å²) in [6, 6.07) is 8.75. The lowest BCUT2D eigenvalue weighted by Crippen LogP contribution is -2.27. The molecule has 1 aromatic carbocycles. The third kappa shape index (κ3) is 3.12. The molecule has 0 unspecified atom stereocenters. The van der Waals surface area contributed by atoms with E-state index in [0.29, 0.717) is 6.54 Å². The number of benzene rings is 1. The summed E-state index contributed by atoms with van der Waals surface area (Å²) in [6.07, 6.45) is 2.44. The van der Waals surface area contributed by atoms with Crippen LogP contribution in [0.1, 0.15) is 15.9 Å². The van der Waals surface area contributed by atoms with Crippen molar-refractivity contribution in [1.82, 2.24) is 9.88 Å². The Hall–Kier alpha value is -2.43. The van der Waals surface area contributed by atoms with E-state index in [1.807, 2.05) is 24.3 Å². The quantitative estimate of drug-likeness (QED) is 0.860. The van der Waals surface area contributed by atoms with Gasteiger partial charge >= 0.3 is 0 Å². The van der Waals surface area contributed by atoms with Gasteiger partial charge in [-0.1, -0.05) is 12.1 Å². The Morgan fingerprint density at radius 3 is 2.60 bits per heavy atom. The number of carbonyl (C=O) groups is 1. The van der Waals surface area contributed by atoms with Crippen LogP contribution in [0.5, 0.6) is 5.75 Å². The van der Waals surface area contributed by atoms with Crippen molar-refractivity contribution in [3.63, 3.8) is 0 Å². The molecule has 20 heavy (non-hydrogen) atoms. The normalized spacial score (nSPS) is 10.2. The maximum Gasteiger partial charge on any atom is 0.256 e. The van der Waals surface area contributed by atoms with Gasteiger partial charge in [-0.25, -0.2) is 4.39 Å². The number of methoxy groups -OCH3 is 1. The zero-order valence-electron chi connectivity index (χ0n) is 11.3. The molecule has 0 aliphatic carbocycles. The summed E-state index contributed by atoms with van der Waals surface area (Å²) in [5.41, 5.74) is 0.965. The topological polar surface area (TPSA) is 42.4 Å². The predicted molar refractivity (Wildman–Crippen MR) is 73.0 cm³/mol. The monoisotopic (exact) mass is 274 g/mol. The third-order valence-electron chi connectivity index (χ3n) is 2.93. The summed E-state index contributed by atoms with van der Waals surface area (Å²) in [6.45, 7) is 0.393. The molecule has 2 aromatic rings. The first-order valence-electron chi connectivity index (χ1n) is 6.09. The molecule has 4 nitrogen and oxygen atoms in total. The second kappa shape index (κ2) is 6.14. The van der Waals surface area contributed by atoms with Crippen LogP contribution in [0.2, 0.25) is 0 Å². The van der Waals surface area contributed by atoms with Gasteiger partial charge in [0.1, 0.15) is 5.75 Å². The van der Waals surface area contributed by atoms with Crippen molar-refractivity contribution in [2.75, 3.05) is 14.2 Å². The number of aromatic nitrogens is 1. The molecular weight excluding hydrogens is 259 g/mol. The average Bonchev–Trinajstić information content (AvgIpc) is 2.48. The SMILES string of the molecule is COc1ccc(CN(C)C(=O)c2ccncc2F)cc1. The molecule has 2 rings (SSSR count). The van der Waals surface area contributed by atoms with Crippen molar-refractivity contribution in [3.05, 3.63) is 59.7 Å². The Kier molecular flexibility index (Phi) is 4.30. The standard InChI is InChI=1S/C15H15FN2O2/c1-18(10-11-3-5-12(20-2)6-4-11)15(19)13-7-8-17-9-14(13)16/h3-9H,10H2,1-2H3. The first kappa shape index (κ1) is 14.0. The predicted octanol–water partition coefficient (Wildman–Crippen LogP) is 2.50. The average molecular weight is 274 g/mol. The number of amides is 1. The molecule has 0 bridgehead atoms. The van der Waals surface area contributed by atoms with E-state index in [4.69, 9.17) is 4.74 Å². The lowest BCUT2D eigenvalue weighted by Gasteiger charge is -2.17. The summed E-state index contributed by atoms with van der Waals surface area (Å²) < 4.78 is 18.6. The van der Waals surface area contributed by atoms with E-state index >= 15 is 0 Å². The smallest absolute Gasteiger partial charge is 0.256 e. The van der Waals surface area contributed by atoms with Crippen LogP contribution in [0.3, 0.4) is 0 Å². The van der Waals surface area contributed by atoms with Crippen molar-refractivity contribution in [2.24, 2.45) is 0 Å². The lowest BCUT2D eigenvalue weighted by molar-refractivity contribution is 0.0780. The van der Waals surface area contributed by atoms with Gasteiger partial charge in [0.15, 0.2) is 5.82 Å². The van der Waals surface area contributed by atoms with Crippen LogP contribution in [0, 0.1) is 5.82 Å². The Bertz CT molecular complexity index is 599. The summed E-state index contributed by atoms with van der Waals surface area (Å²) >= 11 is 0. The van der Waals surface area contributed by atoms with Crippen molar-refractivity contribution < 1.29 is 13.9 Å². The van der Waals surface area contributed by atoms with Gasteiger partial charge in [-0.3, -0.25) is 9.78 Å². The summed E-state index contributed by atoms with van der Waals surface area (Å²) in [5.74, 6) is -0.234. The van der Waals surface area contributed by atoms with Crippen molar-refractivity contribution in [3.8, 4) is 5.75 Å². The number of hydrogen-bond donors (Lipinski definition) is 0. The van der Waals surface area contributed by atoms with Crippen molar-refractivity contribution in [1.29, 1.82) is 0 Å². The van der Waals surface area contributed by atoms with Crippen LogP contribution in [0.4, 0.5) is 4.39 Å². The summed E-state index contributed by atoms with van der Waals surface area (Å²) in [4.78, 5) is 17.2. The van der Waals surface area contributed by atoms with E-state index in [-0.39, 0.29) is 11.5 Å². The first-order chi connectivity index (χ1) is 9.61. The number of hydrogen-bond acceptors (Lipinski definition) is 3. The van der Waals surface area contributed by atoms with Gasteiger partial charge in [0, 0.05) is 19.8 Å². The van der Waals surface area contributed by atoms with E-state index < -0.39 is 5.82 Å². The largest absolute Gasteiger partial charge is 0.497 e. The molecule has 0 radical (unpaired) electrons. The highest BCUT2D eigenvalue weighted by Gasteiger charge is 2.16. The summed E-state index contributed by atoms with van der Waals surface area (Å²) in [7, 11) is 3.23. The van der Waals surface area contributed by atoms with Gasteiger partial charge in [0.05, 0.1) is 18.9 Å². The van der Waals surface area contributed by atoms with Crippen molar-refractivity contribution >= 4 is 5.91 Å². The molecule has 0 atom stereocenters. The van der Waals surface area contributed by atoms with Gasteiger partial charge in [-0.15, -0.1) is 0 Å². The highest BCUT2D eigenvalue weighted by molar-refractivity contribution is 5.94. The Balaban J connectivity index is 2.09. The van der Waals surface area contributed by atoms with Crippen LogP contribution in [-0.2, 0) is 6.54 Å². The second-order valence-corrected chi connectivity index (χ2v) is 4.36. The van der Waals surface area contributed by atoms with E-state index in [0.717, 1.165) is 17.5 Å². The third-order valence-corrected chi connectivity index (χ3v) is 2.93. The fourth-order valence-electron chi connectivity index (χ4n) is 1.83. The highest BCUT2D eigenvalue weighted by atomic mass is 19.1. The van der Waals surface area contributed by atoms with E-state index in [1.54, 1.807) is 14.2 Å². The summed E-state index contributed by atoms with van der Waals surface area (Å²) in [5, 5.41) is 0. The highest BCUT2D eigenvalue weighted by Crippen LogP contribution is 2.14. The molecular formula is C15H15FN2O2. The van der Waals surface area contributed by atoms with E-state index in [1.165, 1.54) is 17.2 Å². The van der Waals surface area contributed by atoms with Gasteiger partial charge in [0.2, 0.25) is 0 Å².